The molecule has 0 amide bonds. The van der Waals surface area contributed by atoms with Crippen LogP contribution in [0.5, 0.6) is 0 Å². The van der Waals surface area contributed by atoms with E-state index in [-0.39, 0.29) is 23.0 Å². The standard InChI is InChI=1S/C20H32Cl2N2O2.BrH/c1-3-23(4-2)16-17-26-20(25)7-5-6-18-8-10-19(11-9-18)24(14-12-21)15-13-22;/h8-11H,3-7,12-17H2,1-2H3;1H. The summed E-state index contributed by atoms with van der Waals surface area (Å²) in [7, 11) is 0. The topological polar surface area (TPSA) is 32.8 Å². The van der Waals surface area contributed by atoms with Crippen molar-refractivity contribution in [2.45, 2.75) is 33.1 Å². The molecule has 0 fully saturated rings. The highest BCUT2D eigenvalue weighted by Crippen LogP contribution is 2.17. The Morgan fingerprint density at radius 1 is 1.00 bits per heavy atom. The molecule has 1 rings (SSSR count). The van der Waals surface area contributed by atoms with Crippen LogP contribution >= 0.6 is 40.2 Å². The lowest BCUT2D eigenvalue weighted by Crippen LogP contribution is -2.27. The van der Waals surface area contributed by atoms with Gasteiger partial charge >= 0.3 is 5.97 Å². The second-order valence-electron chi connectivity index (χ2n) is 6.13. The number of aryl methyl sites for hydroxylation is 1. The molecule has 1 aromatic rings. The molecule has 4 nitrogen and oxygen atoms in total. The summed E-state index contributed by atoms with van der Waals surface area (Å²) in [6, 6.07) is 8.40. The normalized spacial score (nSPS) is 10.6. The monoisotopic (exact) mass is 482 g/mol. The SMILES string of the molecule is Br.CCN(CC)CCOC(=O)CCCc1ccc(N(CCCl)CCCl)cc1. The minimum atomic E-state index is -0.107. The first-order valence-electron chi connectivity index (χ1n) is 9.48. The van der Waals surface area contributed by atoms with Crippen molar-refractivity contribution in [1.82, 2.24) is 4.90 Å². The number of rotatable bonds is 14. The molecule has 0 saturated heterocycles. The largest absolute Gasteiger partial charge is 0.464 e. The van der Waals surface area contributed by atoms with Crippen LogP contribution in [0.25, 0.3) is 0 Å². The van der Waals surface area contributed by atoms with Crippen molar-refractivity contribution in [3.63, 3.8) is 0 Å². The van der Waals surface area contributed by atoms with Crippen LogP contribution in [-0.2, 0) is 16.0 Å². The maximum absolute atomic E-state index is 11.8. The van der Waals surface area contributed by atoms with Crippen LogP contribution in [-0.4, -0.2) is 62.0 Å². The van der Waals surface area contributed by atoms with Crippen molar-refractivity contribution >= 4 is 51.8 Å². The van der Waals surface area contributed by atoms with E-state index in [1.165, 1.54) is 5.56 Å². The van der Waals surface area contributed by atoms with Gasteiger partial charge in [-0.3, -0.25) is 4.79 Å². The van der Waals surface area contributed by atoms with Gasteiger partial charge in [-0.2, -0.15) is 0 Å². The molecule has 0 aliphatic carbocycles. The van der Waals surface area contributed by atoms with Crippen molar-refractivity contribution in [3.05, 3.63) is 29.8 Å². The zero-order valence-electron chi connectivity index (χ0n) is 16.5. The lowest BCUT2D eigenvalue weighted by Gasteiger charge is -2.23. The summed E-state index contributed by atoms with van der Waals surface area (Å²) >= 11 is 11.7. The van der Waals surface area contributed by atoms with Gasteiger partial charge in [0.05, 0.1) is 0 Å². The van der Waals surface area contributed by atoms with Gasteiger partial charge < -0.3 is 14.5 Å². The Morgan fingerprint density at radius 2 is 1.59 bits per heavy atom. The zero-order valence-corrected chi connectivity index (χ0v) is 19.7. The minimum Gasteiger partial charge on any atom is -0.464 e. The molecule has 0 saturated carbocycles. The molecule has 0 N–H and O–H groups in total. The lowest BCUT2D eigenvalue weighted by atomic mass is 10.1. The van der Waals surface area contributed by atoms with Crippen molar-refractivity contribution in [3.8, 4) is 0 Å². The molecule has 156 valence electrons. The molecule has 0 spiro atoms. The Balaban J connectivity index is 0.00000676. The average Bonchev–Trinajstić information content (AvgIpc) is 2.66. The van der Waals surface area contributed by atoms with Crippen molar-refractivity contribution in [2.24, 2.45) is 0 Å². The van der Waals surface area contributed by atoms with Crippen LogP contribution in [0, 0.1) is 0 Å². The fraction of sp³-hybridized carbons (Fsp3) is 0.650. The highest BCUT2D eigenvalue weighted by atomic mass is 79.9. The number of likely N-dealkylation sites (N-methyl/N-ethyl adjacent to an activating group) is 1. The molecular formula is C20H33BrCl2N2O2. The number of halogens is 3. The van der Waals surface area contributed by atoms with Gasteiger partial charge in [0.25, 0.3) is 0 Å². The van der Waals surface area contributed by atoms with E-state index in [9.17, 15) is 4.79 Å². The van der Waals surface area contributed by atoms with Gasteiger partial charge in [-0.15, -0.1) is 40.2 Å². The van der Waals surface area contributed by atoms with Gasteiger partial charge in [0.15, 0.2) is 0 Å². The molecule has 7 heteroatoms. The summed E-state index contributed by atoms with van der Waals surface area (Å²) in [6.07, 6.45) is 2.14. The molecule has 27 heavy (non-hydrogen) atoms. The van der Waals surface area contributed by atoms with Crippen LogP contribution in [0.2, 0.25) is 0 Å². The predicted molar refractivity (Wildman–Crippen MR) is 122 cm³/mol. The quantitative estimate of drug-likeness (QED) is 0.282. The first kappa shape index (κ1) is 26.5. The van der Waals surface area contributed by atoms with Crippen LogP contribution in [0.15, 0.2) is 24.3 Å². The molecular weight excluding hydrogens is 451 g/mol. The lowest BCUT2D eigenvalue weighted by molar-refractivity contribution is -0.144. The highest BCUT2D eigenvalue weighted by Gasteiger charge is 2.07. The maximum atomic E-state index is 11.8. The van der Waals surface area contributed by atoms with Gasteiger partial charge in [0, 0.05) is 43.5 Å². The van der Waals surface area contributed by atoms with Crippen LogP contribution < -0.4 is 4.90 Å². The molecule has 0 aromatic heterocycles. The number of hydrogen-bond donors (Lipinski definition) is 0. The van der Waals surface area contributed by atoms with E-state index >= 15 is 0 Å². The van der Waals surface area contributed by atoms with Crippen LogP contribution in [0.3, 0.4) is 0 Å². The van der Waals surface area contributed by atoms with Crippen molar-refractivity contribution in [2.75, 3.05) is 56.0 Å². The first-order chi connectivity index (χ1) is 12.6. The number of carbonyl (C=O) groups is 1. The van der Waals surface area contributed by atoms with Crippen molar-refractivity contribution < 1.29 is 9.53 Å². The van der Waals surface area contributed by atoms with Crippen LogP contribution in [0.4, 0.5) is 5.69 Å². The number of benzene rings is 1. The van der Waals surface area contributed by atoms with Gasteiger partial charge in [-0.25, -0.2) is 0 Å². The smallest absolute Gasteiger partial charge is 0.305 e. The first-order valence-corrected chi connectivity index (χ1v) is 10.5. The molecule has 0 bridgehead atoms. The Kier molecular flexibility index (Phi) is 16.2. The minimum absolute atomic E-state index is 0. The summed E-state index contributed by atoms with van der Waals surface area (Å²) in [5, 5.41) is 0. The fourth-order valence-electron chi connectivity index (χ4n) is 2.78. The molecule has 0 aliphatic rings. The number of ether oxygens (including phenoxy) is 1. The molecule has 0 atom stereocenters. The van der Waals surface area contributed by atoms with E-state index in [2.05, 4.69) is 47.9 Å². The Labute approximate surface area is 184 Å². The fourth-order valence-corrected chi connectivity index (χ4v) is 3.19. The van der Waals surface area contributed by atoms with Gasteiger partial charge in [-0.05, 0) is 43.6 Å². The Morgan fingerprint density at radius 3 is 2.11 bits per heavy atom. The number of hydrogen-bond acceptors (Lipinski definition) is 4. The summed E-state index contributed by atoms with van der Waals surface area (Å²) in [6.45, 7) is 9.05. The second kappa shape index (κ2) is 16.5. The van der Waals surface area contributed by atoms with E-state index in [1.54, 1.807) is 0 Å². The van der Waals surface area contributed by atoms with E-state index in [4.69, 9.17) is 27.9 Å². The van der Waals surface area contributed by atoms with E-state index < -0.39 is 0 Å². The molecule has 0 unspecified atom stereocenters. The molecule has 0 heterocycles. The van der Waals surface area contributed by atoms with Gasteiger partial charge in [-0.1, -0.05) is 26.0 Å². The maximum Gasteiger partial charge on any atom is 0.305 e. The third kappa shape index (κ3) is 11.2. The molecule has 0 aliphatic heterocycles. The van der Waals surface area contributed by atoms with Gasteiger partial charge in [0.2, 0.25) is 0 Å². The number of nitrogens with zero attached hydrogens (tertiary/aromatic N) is 2. The number of carbonyl (C=O) groups excluding carboxylic acids is 1. The van der Waals surface area contributed by atoms with Gasteiger partial charge in [0.1, 0.15) is 6.61 Å². The summed E-state index contributed by atoms with van der Waals surface area (Å²) < 4.78 is 5.31. The average molecular weight is 484 g/mol. The summed E-state index contributed by atoms with van der Waals surface area (Å²) in [4.78, 5) is 16.2. The van der Waals surface area contributed by atoms with Crippen molar-refractivity contribution in [1.29, 1.82) is 0 Å². The third-order valence-electron chi connectivity index (χ3n) is 4.42. The van der Waals surface area contributed by atoms with E-state index in [0.29, 0.717) is 24.8 Å². The third-order valence-corrected chi connectivity index (χ3v) is 4.76. The van der Waals surface area contributed by atoms with E-state index in [0.717, 1.165) is 51.3 Å². The zero-order chi connectivity index (χ0) is 19.2. The second-order valence-corrected chi connectivity index (χ2v) is 6.89. The highest BCUT2D eigenvalue weighted by molar-refractivity contribution is 8.93. The number of anilines is 1. The molecule has 1 aromatic carbocycles. The van der Waals surface area contributed by atoms with Crippen LogP contribution in [0.1, 0.15) is 32.3 Å². The molecule has 0 radical (unpaired) electrons. The number of alkyl halides is 2. The number of esters is 1. The Bertz CT molecular complexity index is 493. The summed E-state index contributed by atoms with van der Waals surface area (Å²) in [5.74, 6) is 1.05. The summed E-state index contributed by atoms with van der Waals surface area (Å²) in [5.41, 5.74) is 2.35. The van der Waals surface area contributed by atoms with E-state index in [1.807, 2.05) is 0 Å². The Hall–Kier alpha value is -0.490. The predicted octanol–water partition coefficient (Wildman–Crippen LogP) is 4.76.